The number of pyridine rings is 1. The second kappa shape index (κ2) is 5.84. The molecule has 0 radical (unpaired) electrons. The number of rotatable bonds is 3. The highest BCUT2D eigenvalue weighted by Gasteiger charge is 2.34. The summed E-state index contributed by atoms with van der Waals surface area (Å²) < 4.78 is 0. The largest absolute Gasteiger partial charge is 0.481 e. The third-order valence-corrected chi connectivity index (χ3v) is 3.26. The van der Waals surface area contributed by atoms with E-state index in [4.69, 9.17) is 16.7 Å². The summed E-state index contributed by atoms with van der Waals surface area (Å²) in [6, 6.07) is 4.87. The van der Waals surface area contributed by atoms with Crippen molar-refractivity contribution in [3.05, 3.63) is 35.5 Å². The first-order chi connectivity index (χ1) is 9.08. The molecule has 100 valence electrons. The first-order valence-corrected chi connectivity index (χ1v) is 6.27. The summed E-state index contributed by atoms with van der Waals surface area (Å²) >= 11 is 5.73. The topological polar surface area (TPSA) is 79.3 Å². The van der Waals surface area contributed by atoms with E-state index in [1.807, 2.05) is 6.08 Å². The zero-order valence-corrected chi connectivity index (χ0v) is 10.8. The van der Waals surface area contributed by atoms with Crippen LogP contribution in [0.15, 0.2) is 30.4 Å². The first kappa shape index (κ1) is 13.5. The minimum Gasteiger partial charge on any atom is -0.481 e. The SMILES string of the molecule is O=C(O)[C@H]1CC=CC[C@H]1C(=O)Nc1cccc(Cl)n1. The molecule has 0 fully saturated rings. The van der Waals surface area contributed by atoms with Gasteiger partial charge in [-0.3, -0.25) is 9.59 Å². The lowest BCUT2D eigenvalue weighted by atomic mass is 9.82. The average Bonchev–Trinajstić information content (AvgIpc) is 2.38. The summed E-state index contributed by atoms with van der Waals surface area (Å²) in [6.45, 7) is 0. The number of carbonyl (C=O) groups is 2. The molecule has 2 N–H and O–H groups in total. The van der Waals surface area contributed by atoms with E-state index in [1.54, 1.807) is 24.3 Å². The van der Waals surface area contributed by atoms with E-state index < -0.39 is 17.8 Å². The van der Waals surface area contributed by atoms with Gasteiger partial charge in [-0.05, 0) is 25.0 Å². The maximum Gasteiger partial charge on any atom is 0.307 e. The normalized spacial score (nSPS) is 21.9. The highest BCUT2D eigenvalue weighted by atomic mass is 35.5. The van der Waals surface area contributed by atoms with E-state index in [1.165, 1.54) is 0 Å². The number of aliphatic carboxylic acids is 1. The second-order valence-corrected chi connectivity index (χ2v) is 4.72. The Bertz CT molecular complexity index is 530. The van der Waals surface area contributed by atoms with Crippen LogP contribution in [0, 0.1) is 11.8 Å². The molecule has 0 spiro atoms. The Morgan fingerprint density at radius 1 is 1.26 bits per heavy atom. The van der Waals surface area contributed by atoms with Gasteiger partial charge < -0.3 is 10.4 Å². The molecule has 0 aromatic carbocycles. The van der Waals surface area contributed by atoms with E-state index in [2.05, 4.69) is 10.3 Å². The first-order valence-electron chi connectivity index (χ1n) is 5.89. The van der Waals surface area contributed by atoms with Gasteiger partial charge in [0.15, 0.2) is 0 Å². The highest BCUT2D eigenvalue weighted by molar-refractivity contribution is 6.29. The third-order valence-electron chi connectivity index (χ3n) is 3.05. The van der Waals surface area contributed by atoms with Gasteiger partial charge in [0.1, 0.15) is 11.0 Å². The van der Waals surface area contributed by atoms with Gasteiger partial charge in [-0.1, -0.05) is 29.8 Å². The van der Waals surface area contributed by atoms with Gasteiger partial charge in [-0.15, -0.1) is 0 Å². The van der Waals surface area contributed by atoms with Gasteiger partial charge in [0, 0.05) is 0 Å². The molecule has 0 unspecified atom stereocenters. The molecule has 1 amide bonds. The Kier molecular flexibility index (Phi) is 4.16. The number of halogens is 1. The van der Waals surface area contributed by atoms with Crippen molar-refractivity contribution < 1.29 is 14.7 Å². The van der Waals surface area contributed by atoms with Gasteiger partial charge in [0.25, 0.3) is 0 Å². The average molecular weight is 281 g/mol. The molecular weight excluding hydrogens is 268 g/mol. The van der Waals surface area contributed by atoms with E-state index >= 15 is 0 Å². The number of amides is 1. The highest BCUT2D eigenvalue weighted by Crippen LogP contribution is 2.27. The summed E-state index contributed by atoms with van der Waals surface area (Å²) in [6.07, 6.45) is 4.41. The van der Waals surface area contributed by atoms with Crippen LogP contribution in [0.3, 0.4) is 0 Å². The number of aromatic nitrogens is 1. The molecule has 0 aliphatic heterocycles. The third kappa shape index (κ3) is 3.32. The van der Waals surface area contributed by atoms with Crippen molar-refractivity contribution in [3.8, 4) is 0 Å². The Hall–Kier alpha value is -1.88. The maximum absolute atomic E-state index is 12.1. The molecule has 0 saturated carbocycles. The fourth-order valence-corrected chi connectivity index (χ4v) is 2.24. The zero-order valence-electron chi connectivity index (χ0n) is 10.0. The lowest BCUT2D eigenvalue weighted by molar-refractivity contribution is -0.146. The molecule has 1 aromatic rings. The molecule has 1 aromatic heterocycles. The summed E-state index contributed by atoms with van der Waals surface area (Å²) in [5, 5.41) is 12.0. The lowest BCUT2D eigenvalue weighted by Gasteiger charge is -2.23. The number of carboxylic acids is 1. The Morgan fingerprint density at radius 2 is 1.95 bits per heavy atom. The van der Waals surface area contributed by atoms with Gasteiger partial charge in [-0.2, -0.15) is 0 Å². The van der Waals surface area contributed by atoms with Crippen molar-refractivity contribution >= 4 is 29.3 Å². The van der Waals surface area contributed by atoms with Crippen LogP contribution >= 0.6 is 11.6 Å². The zero-order chi connectivity index (χ0) is 13.8. The summed E-state index contributed by atoms with van der Waals surface area (Å²) in [7, 11) is 0. The summed E-state index contributed by atoms with van der Waals surface area (Å²) in [5.41, 5.74) is 0. The minimum absolute atomic E-state index is 0.274. The molecule has 0 bridgehead atoms. The molecular formula is C13H13ClN2O3. The summed E-state index contributed by atoms with van der Waals surface area (Å²) in [4.78, 5) is 27.2. The molecule has 6 heteroatoms. The Balaban J connectivity index is 2.10. The van der Waals surface area contributed by atoms with Crippen LogP contribution in [0.1, 0.15) is 12.8 Å². The summed E-state index contributed by atoms with van der Waals surface area (Å²) in [5.74, 6) is -2.24. The van der Waals surface area contributed by atoms with Gasteiger partial charge >= 0.3 is 5.97 Å². The van der Waals surface area contributed by atoms with Crippen LogP contribution in [0.5, 0.6) is 0 Å². The Labute approximate surface area is 115 Å². The van der Waals surface area contributed by atoms with Crippen molar-refractivity contribution in [1.29, 1.82) is 0 Å². The smallest absolute Gasteiger partial charge is 0.307 e. The molecule has 0 saturated heterocycles. The molecule has 2 atom stereocenters. The number of hydrogen-bond donors (Lipinski definition) is 2. The van der Waals surface area contributed by atoms with E-state index in [9.17, 15) is 9.59 Å². The lowest BCUT2D eigenvalue weighted by Crippen LogP contribution is -2.34. The van der Waals surface area contributed by atoms with E-state index in [0.717, 1.165) is 0 Å². The molecule has 5 nitrogen and oxygen atoms in total. The molecule has 2 rings (SSSR count). The molecule has 19 heavy (non-hydrogen) atoms. The standard InChI is InChI=1S/C13H13ClN2O3/c14-10-6-3-7-11(15-10)16-12(17)8-4-1-2-5-9(8)13(18)19/h1-3,6-9H,4-5H2,(H,18,19)(H,15,16,17)/t8-,9+/m1/s1. The number of carbonyl (C=O) groups excluding carboxylic acids is 1. The van der Waals surface area contributed by atoms with Crippen LogP contribution in [-0.4, -0.2) is 22.0 Å². The van der Waals surface area contributed by atoms with Crippen molar-refractivity contribution in [2.45, 2.75) is 12.8 Å². The van der Waals surface area contributed by atoms with Crippen LogP contribution in [-0.2, 0) is 9.59 Å². The van der Waals surface area contributed by atoms with Crippen molar-refractivity contribution in [3.63, 3.8) is 0 Å². The Morgan fingerprint density at radius 3 is 2.58 bits per heavy atom. The van der Waals surface area contributed by atoms with Gasteiger partial charge in [0.2, 0.25) is 5.91 Å². The number of nitrogens with one attached hydrogen (secondary N) is 1. The van der Waals surface area contributed by atoms with Gasteiger partial charge in [-0.25, -0.2) is 4.98 Å². The second-order valence-electron chi connectivity index (χ2n) is 4.33. The number of allylic oxidation sites excluding steroid dienone is 2. The maximum atomic E-state index is 12.1. The quantitative estimate of drug-likeness (QED) is 0.658. The van der Waals surface area contributed by atoms with E-state index in [0.29, 0.717) is 18.7 Å². The molecule has 1 aliphatic rings. The number of carboxylic acid groups (broad SMARTS) is 1. The minimum atomic E-state index is -0.955. The number of nitrogens with zero attached hydrogens (tertiary/aromatic N) is 1. The predicted molar refractivity (Wildman–Crippen MR) is 70.9 cm³/mol. The van der Waals surface area contributed by atoms with Crippen LogP contribution in [0.4, 0.5) is 5.82 Å². The molecule has 1 aliphatic carbocycles. The number of hydrogen-bond acceptors (Lipinski definition) is 3. The van der Waals surface area contributed by atoms with Gasteiger partial charge in [0.05, 0.1) is 11.8 Å². The van der Waals surface area contributed by atoms with Crippen LogP contribution in [0.25, 0.3) is 0 Å². The van der Waals surface area contributed by atoms with E-state index in [-0.39, 0.29) is 11.1 Å². The number of anilines is 1. The molecule has 1 heterocycles. The van der Waals surface area contributed by atoms with Crippen molar-refractivity contribution in [2.24, 2.45) is 11.8 Å². The van der Waals surface area contributed by atoms with Crippen molar-refractivity contribution in [1.82, 2.24) is 4.98 Å². The fourth-order valence-electron chi connectivity index (χ4n) is 2.07. The fraction of sp³-hybridized carbons (Fsp3) is 0.308. The van der Waals surface area contributed by atoms with Crippen LogP contribution in [0.2, 0.25) is 5.15 Å². The van der Waals surface area contributed by atoms with Crippen molar-refractivity contribution in [2.75, 3.05) is 5.32 Å². The monoisotopic (exact) mass is 280 g/mol. The predicted octanol–water partition coefficient (Wildman–Crippen LogP) is 2.34. The van der Waals surface area contributed by atoms with Crippen LogP contribution < -0.4 is 5.32 Å².